The van der Waals surface area contributed by atoms with Crippen molar-refractivity contribution in [3.63, 3.8) is 0 Å². The Bertz CT molecular complexity index is 748. The fourth-order valence-electron chi connectivity index (χ4n) is 2.71. The lowest BCUT2D eigenvalue weighted by atomic mass is 10.2. The molecule has 146 valence electrons. The molecule has 1 aliphatic carbocycles. The Morgan fingerprint density at radius 1 is 0.963 bits per heavy atom. The van der Waals surface area contributed by atoms with Crippen LogP contribution in [0.4, 0.5) is 0 Å². The van der Waals surface area contributed by atoms with Crippen LogP contribution in [0.3, 0.4) is 0 Å². The van der Waals surface area contributed by atoms with Gasteiger partial charge in [-0.25, -0.2) is 0 Å². The molecular formula is C21H28IN3O2. The summed E-state index contributed by atoms with van der Waals surface area (Å²) in [6, 6.07) is 16.1. The quantitative estimate of drug-likeness (QED) is 0.341. The summed E-state index contributed by atoms with van der Waals surface area (Å²) in [4.78, 5) is 4.30. The van der Waals surface area contributed by atoms with Crippen LogP contribution in [0, 0.1) is 5.92 Å². The number of methoxy groups -OCH3 is 1. The largest absolute Gasteiger partial charge is 0.496 e. The molecule has 2 aromatic carbocycles. The van der Waals surface area contributed by atoms with Gasteiger partial charge in [0.25, 0.3) is 0 Å². The first-order chi connectivity index (χ1) is 12.8. The summed E-state index contributed by atoms with van der Waals surface area (Å²) < 4.78 is 11.4. The minimum atomic E-state index is 0. The van der Waals surface area contributed by atoms with Crippen LogP contribution in [0.15, 0.2) is 53.5 Å². The maximum Gasteiger partial charge on any atom is 0.191 e. The number of aliphatic imine (C=N–C) groups is 1. The van der Waals surface area contributed by atoms with E-state index in [9.17, 15) is 0 Å². The van der Waals surface area contributed by atoms with Crippen molar-refractivity contribution in [2.75, 3.05) is 20.8 Å². The van der Waals surface area contributed by atoms with E-state index in [4.69, 9.17) is 9.47 Å². The van der Waals surface area contributed by atoms with Gasteiger partial charge in [-0.15, -0.1) is 24.0 Å². The molecule has 0 heterocycles. The summed E-state index contributed by atoms with van der Waals surface area (Å²) in [5.74, 6) is 3.31. The number of nitrogens with one attached hydrogen (secondary N) is 2. The third-order valence-corrected chi connectivity index (χ3v) is 4.45. The van der Waals surface area contributed by atoms with Crippen LogP contribution in [0.25, 0.3) is 0 Å². The zero-order chi connectivity index (χ0) is 18.2. The van der Waals surface area contributed by atoms with Crippen molar-refractivity contribution in [1.29, 1.82) is 0 Å². The molecule has 5 nitrogen and oxygen atoms in total. The Kier molecular flexibility index (Phi) is 8.71. The smallest absolute Gasteiger partial charge is 0.191 e. The summed E-state index contributed by atoms with van der Waals surface area (Å²) >= 11 is 0. The van der Waals surface area contributed by atoms with E-state index in [1.165, 1.54) is 12.8 Å². The molecule has 6 heteroatoms. The van der Waals surface area contributed by atoms with Crippen LogP contribution >= 0.6 is 24.0 Å². The Labute approximate surface area is 178 Å². The summed E-state index contributed by atoms with van der Waals surface area (Å²) in [6.07, 6.45) is 2.58. The second-order valence-corrected chi connectivity index (χ2v) is 6.45. The lowest BCUT2D eigenvalue weighted by Crippen LogP contribution is -2.36. The molecule has 0 atom stereocenters. The molecule has 27 heavy (non-hydrogen) atoms. The molecule has 3 rings (SSSR count). The van der Waals surface area contributed by atoms with Crippen LogP contribution in [-0.2, 0) is 13.1 Å². The number of ether oxygens (including phenoxy) is 2. The molecule has 0 bridgehead atoms. The number of halogens is 1. The van der Waals surface area contributed by atoms with Crippen molar-refractivity contribution in [1.82, 2.24) is 10.6 Å². The minimum absolute atomic E-state index is 0. The molecule has 2 N–H and O–H groups in total. The van der Waals surface area contributed by atoms with E-state index in [-0.39, 0.29) is 24.0 Å². The summed E-state index contributed by atoms with van der Waals surface area (Å²) in [5.41, 5.74) is 2.22. The molecule has 0 saturated heterocycles. The van der Waals surface area contributed by atoms with Gasteiger partial charge >= 0.3 is 0 Å². The van der Waals surface area contributed by atoms with Gasteiger partial charge in [-0.2, -0.15) is 0 Å². The fraction of sp³-hybridized carbons (Fsp3) is 0.381. The molecule has 0 spiro atoms. The topological polar surface area (TPSA) is 54.9 Å². The van der Waals surface area contributed by atoms with Gasteiger partial charge in [0.2, 0.25) is 0 Å². The van der Waals surface area contributed by atoms with Gasteiger partial charge in [0.1, 0.15) is 11.5 Å². The zero-order valence-corrected chi connectivity index (χ0v) is 18.2. The van der Waals surface area contributed by atoms with Crippen LogP contribution in [0.1, 0.15) is 24.0 Å². The molecule has 0 amide bonds. The Hall–Kier alpha value is -1.96. The number of para-hydroxylation sites is 2. The van der Waals surface area contributed by atoms with Gasteiger partial charge in [0, 0.05) is 31.3 Å². The van der Waals surface area contributed by atoms with E-state index in [1.807, 2.05) is 42.5 Å². The zero-order valence-electron chi connectivity index (χ0n) is 15.9. The average Bonchev–Trinajstić information content (AvgIpc) is 3.52. The average molecular weight is 481 g/mol. The van der Waals surface area contributed by atoms with E-state index < -0.39 is 0 Å². The molecule has 0 radical (unpaired) electrons. The van der Waals surface area contributed by atoms with Crippen molar-refractivity contribution < 1.29 is 9.47 Å². The Morgan fingerprint density at radius 3 is 2.07 bits per heavy atom. The third-order valence-electron chi connectivity index (χ3n) is 4.45. The van der Waals surface area contributed by atoms with Crippen LogP contribution in [0.5, 0.6) is 11.5 Å². The number of hydrogen-bond donors (Lipinski definition) is 2. The minimum Gasteiger partial charge on any atom is -0.496 e. The fourth-order valence-corrected chi connectivity index (χ4v) is 2.71. The van der Waals surface area contributed by atoms with Crippen molar-refractivity contribution in [3.8, 4) is 11.5 Å². The first-order valence-corrected chi connectivity index (χ1v) is 9.07. The molecule has 2 aromatic rings. The normalized spacial score (nSPS) is 13.5. The number of nitrogens with zero attached hydrogens (tertiary/aromatic N) is 1. The highest BCUT2D eigenvalue weighted by Crippen LogP contribution is 2.30. The van der Waals surface area contributed by atoms with Gasteiger partial charge in [-0.3, -0.25) is 4.99 Å². The van der Waals surface area contributed by atoms with Crippen molar-refractivity contribution in [2.45, 2.75) is 25.9 Å². The molecule has 1 fully saturated rings. The summed E-state index contributed by atoms with van der Waals surface area (Å²) in [5, 5.41) is 6.68. The van der Waals surface area contributed by atoms with Crippen molar-refractivity contribution >= 4 is 29.9 Å². The number of guanidine groups is 1. The highest BCUT2D eigenvalue weighted by molar-refractivity contribution is 14.0. The molecule has 0 unspecified atom stereocenters. The highest BCUT2D eigenvalue weighted by atomic mass is 127. The first-order valence-electron chi connectivity index (χ1n) is 9.07. The predicted octanol–water partition coefficient (Wildman–Crippen LogP) is 3.97. The summed E-state index contributed by atoms with van der Waals surface area (Å²) in [7, 11) is 3.46. The van der Waals surface area contributed by atoms with Gasteiger partial charge in [-0.1, -0.05) is 36.4 Å². The van der Waals surface area contributed by atoms with Gasteiger partial charge < -0.3 is 20.1 Å². The van der Waals surface area contributed by atoms with Gasteiger partial charge in [0.05, 0.1) is 13.7 Å². The van der Waals surface area contributed by atoms with E-state index in [1.54, 1.807) is 14.2 Å². The number of rotatable bonds is 8. The van der Waals surface area contributed by atoms with E-state index in [0.29, 0.717) is 13.1 Å². The molecule has 0 aromatic heterocycles. The maximum absolute atomic E-state index is 5.97. The van der Waals surface area contributed by atoms with E-state index in [0.717, 1.165) is 41.1 Å². The van der Waals surface area contributed by atoms with Crippen LogP contribution in [-0.4, -0.2) is 26.7 Å². The van der Waals surface area contributed by atoms with E-state index in [2.05, 4.69) is 21.7 Å². The van der Waals surface area contributed by atoms with Crippen molar-refractivity contribution in [3.05, 3.63) is 59.7 Å². The molecular weight excluding hydrogens is 453 g/mol. The molecule has 1 saturated carbocycles. The lowest BCUT2D eigenvalue weighted by molar-refractivity contribution is 0.296. The van der Waals surface area contributed by atoms with Gasteiger partial charge in [0.15, 0.2) is 5.96 Å². The van der Waals surface area contributed by atoms with Gasteiger partial charge in [-0.05, 0) is 30.9 Å². The third kappa shape index (κ3) is 6.61. The number of benzene rings is 2. The standard InChI is InChI=1S/C21H27N3O2.HI/c1-22-21(23-13-17-7-3-5-9-19(17)25-2)24-14-18-8-4-6-10-20(18)26-15-16-11-12-16;/h3-10,16H,11-15H2,1-2H3,(H2,22,23,24);1H. The highest BCUT2D eigenvalue weighted by Gasteiger charge is 2.22. The maximum atomic E-state index is 5.97. The predicted molar refractivity (Wildman–Crippen MR) is 120 cm³/mol. The Morgan fingerprint density at radius 2 is 1.52 bits per heavy atom. The monoisotopic (exact) mass is 481 g/mol. The Balaban J connectivity index is 0.00000261. The lowest BCUT2D eigenvalue weighted by Gasteiger charge is -2.15. The number of hydrogen-bond acceptors (Lipinski definition) is 3. The second-order valence-electron chi connectivity index (χ2n) is 6.45. The van der Waals surface area contributed by atoms with E-state index >= 15 is 0 Å². The summed E-state index contributed by atoms with van der Waals surface area (Å²) in [6.45, 7) is 2.12. The van der Waals surface area contributed by atoms with Crippen LogP contribution < -0.4 is 20.1 Å². The first kappa shape index (κ1) is 21.3. The molecule has 0 aliphatic heterocycles. The SMILES string of the molecule is CN=C(NCc1ccccc1OC)NCc1ccccc1OCC1CC1.I. The molecule has 1 aliphatic rings. The van der Waals surface area contributed by atoms with Crippen LogP contribution in [0.2, 0.25) is 0 Å². The van der Waals surface area contributed by atoms with Crippen molar-refractivity contribution in [2.24, 2.45) is 10.9 Å². The second kappa shape index (κ2) is 11.0.